The Morgan fingerprint density at radius 2 is 1.70 bits per heavy atom. The zero-order chi connectivity index (χ0) is 8.36. The summed E-state index contributed by atoms with van der Waals surface area (Å²) in [5.41, 5.74) is 0.629. The Bertz CT molecular complexity index is 158. The van der Waals surface area contributed by atoms with E-state index < -0.39 is 0 Å². The molecular weight excluding hydrogens is 124 g/mol. The normalized spacial score (nSPS) is 13.5. The fraction of sp³-hybridized carbons (Fsp3) is 0.667. The van der Waals surface area contributed by atoms with Gasteiger partial charge in [0, 0.05) is 5.41 Å². The summed E-state index contributed by atoms with van der Waals surface area (Å²) in [7, 11) is 0. The lowest BCUT2D eigenvalue weighted by molar-refractivity contribution is -0.122. The molecule has 0 aliphatic rings. The second-order valence-corrected chi connectivity index (χ2v) is 3.55. The van der Waals surface area contributed by atoms with Crippen LogP contribution in [0.2, 0.25) is 0 Å². The van der Waals surface area contributed by atoms with Gasteiger partial charge in [0.25, 0.3) is 0 Å². The lowest BCUT2D eigenvalue weighted by Gasteiger charge is -2.16. The molecule has 10 heavy (non-hydrogen) atoms. The van der Waals surface area contributed by atoms with Crippen LogP contribution in [-0.4, -0.2) is 5.78 Å². The molecule has 0 saturated heterocycles. The largest absolute Gasteiger partial charge is 0.294 e. The average molecular weight is 140 g/mol. The van der Waals surface area contributed by atoms with Crippen LogP contribution < -0.4 is 0 Å². The highest BCUT2D eigenvalue weighted by Gasteiger charge is 2.21. The molecule has 0 bridgehead atoms. The number of carbonyl (C=O) groups is 1. The highest BCUT2D eigenvalue weighted by atomic mass is 16.1. The molecule has 0 aliphatic heterocycles. The Morgan fingerprint density at radius 3 is 1.80 bits per heavy atom. The summed E-state index contributed by atoms with van der Waals surface area (Å²) >= 11 is 0. The van der Waals surface area contributed by atoms with Crippen molar-refractivity contribution in [2.75, 3.05) is 0 Å². The number of hydrogen-bond donors (Lipinski definition) is 0. The molecule has 58 valence electrons. The van der Waals surface area contributed by atoms with E-state index in [0.717, 1.165) is 5.57 Å². The smallest absolute Gasteiger partial charge is 0.163 e. The summed E-state index contributed by atoms with van der Waals surface area (Å²) in [6.07, 6.45) is 1.85. The van der Waals surface area contributed by atoms with Gasteiger partial charge in [0.1, 0.15) is 0 Å². The number of hydrogen-bond acceptors (Lipinski definition) is 1. The molecule has 0 rings (SSSR count). The molecule has 0 saturated carbocycles. The zero-order valence-electron chi connectivity index (χ0n) is 7.49. The van der Waals surface area contributed by atoms with Gasteiger partial charge in [-0.1, -0.05) is 26.8 Å². The maximum atomic E-state index is 11.3. The number of rotatable bonds is 1. The van der Waals surface area contributed by atoms with E-state index in [0.29, 0.717) is 0 Å². The molecule has 0 heterocycles. The summed E-state index contributed by atoms with van der Waals surface area (Å²) < 4.78 is 0. The highest BCUT2D eigenvalue weighted by Crippen LogP contribution is 2.18. The molecule has 0 radical (unpaired) electrons. The van der Waals surface area contributed by atoms with Crippen molar-refractivity contribution in [3.05, 3.63) is 11.6 Å². The first-order chi connectivity index (χ1) is 4.39. The topological polar surface area (TPSA) is 17.1 Å². The van der Waals surface area contributed by atoms with Crippen molar-refractivity contribution in [1.82, 2.24) is 0 Å². The van der Waals surface area contributed by atoms with Crippen LogP contribution in [0.25, 0.3) is 0 Å². The molecule has 0 fully saturated rings. The third-order valence-electron chi connectivity index (χ3n) is 1.47. The predicted octanol–water partition coefficient (Wildman–Crippen LogP) is 2.57. The molecule has 0 aromatic carbocycles. The van der Waals surface area contributed by atoms with Crippen LogP contribution in [-0.2, 0) is 4.79 Å². The molecule has 0 aliphatic carbocycles. The van der Waals surface area contributed by atoms with Gasteiger partial charge >= 0.3 is 0 Å². The van der Waals surface area contributed by atoms with Crippen LogP contribution in [0.4, 0.5) is 0 Å². The van der Waals surface area contributed by atoms with Gasteiger partial charge in [-0.15, -0.1) is 0 Å². The monoisotopic (exact) mass is 140 g/mol. The van der Waals surface area contributed by atoms with E-state index in [1.54, 1.807) is 0 Å². The molecule has 0 aromatic heterocycles. The minimum absolute atomic E-state index is 0.226. The Morgan fingerprint density at radius 1 is 1.30 bits per heavy atom. The minimum Gasteiger partial charge on any atom is -0.294 e. The lowest BCUT2D eigenvalue weighted by Crippen LogP contribution is -2.20. The van der Waals surface area contributed by atoms with Crippen LogP contribution in [0, 0.1) is 5.41 Å². The first kappa shape index (κ1) is 9.41. The van der Waals surface area contributed by atoms with Gasteiger partial charge in [0.2, 0.25) is 0 Å². The van der Waals surface area contributed by atoms with Crippen molar-refractivity contribution in [3.8, 4) is 0 Å². The van der Waals surface area contributed by atoms with Crippen molar-refractivity contribution in [1.29, 1.82) is 0 Å². The summed E-state index contributed by atoms with van der Waals surface area (Å²) in [6, 6.07) is 0. The molecule has 0 amide bonds. The first-order valence-corrected chi connectivity index (χ1v) is 3.57. The Labute approximate surface area is 63.1 Å². The number of Topliss-reactive ketones (excluding diaryl/α,β-unsaturated/α-hetero) is 1. The maximum Gasteiger partial charge on any atom is 0.163 e. The van der Waals surface area contributed by atoms with Crippen molar-refractivity contribution < 1.29 is 4.79 Å². The first-order valence-electron chi connectivity index (χ1n) is 3.57. The summed E-state index contributed by atoms with van der Waals surface area (Å²) in [6.45, 7) is 9.54. The second kappa shape index (κ2) is 3.00. The predicted molar refractivity (Wildman–Crippen MR) is 43.9 cm³/mol. The minimum atomic E-state index is -0.226. The fourth-order valence-electron chi connectivity index (χ4n) is 0.723. The number of carbonyl (C=O) groups excluding carboxylic acids is 1. The van der Waals surface area contributed by atoms with E-state index in [4.69, 9.17) is 0 Å². The molecule has 1 heteroatoms. The SMILES string of the molecule is C/C=C(/C)C(=O)C(C)(C)C. The van der Waals surface area contributed by atoms with E-state index in [2.05, 4.69) is 0 Å². The van der Waals surface area contributed by atoms with E-state index >= 15 is 0 Å². The highest BCUT2D eigenvalue weighted by molar-refractivity contribution is 5.98. The maximum absolute atomic E-state index is 11.3. The molecule has 0 spiro atoms. The standard InChI is InChI=1S/C9H16O/c1-6-7(2)8(10)9(3,4)5/h6H,1-5H3/b7-6-. The summed E-state index contributed by atoms with van der Waals surface area (Å²) in [5, 5.41) is 0. The third kappa shape index (κ3) is 2.34. The molecule has 1 nitrogen and oxygen atoms in total. The Balaban J connectivity index is 4.39. The van der Waals surface area contributed by atoms with E-state index in [-0.39, 0.29) is 11.2 Å². The molecule has 0 aromatic rings. The van der Waals surface area contributed by atoms with Crippen LogP contribution in [0.15, 0.2) is 11.6 Å². The molecule has 0 unspecified atom stereocenters. The second-order valence-electron chi connectivity index (χ2n) is 3.55. The third-order valence-corrected chi connectivity index (χ3v) is 1.47. The number of allylic oxidation sites excluding steroid dienone is 2. The van der Waals surface area contributed by atoms with Gasteiger partial charge in [-0.2, -0.15) is 0 Å². The summed E-state index contributed by atoms with van der Waals surface area (Å²) in [4.78, 5) is 11.3. The summed E-state index contributed by atoms with van der Waals surface area (Å²) in [5.74, 6) is 0.231. The van der Waals surface area contributed by atoms with Crippen LogP contribution in [0.3, 0.4) is 0 Å². The molecular formula is C9H16O. The molecule has 0 atom stereocenters. The van der Waals surface area contributed by atoms with Gasteiger partial charge in [-0.25, -0.2) is 0 Å². The van der Waals surface area contributed by atoms with Crippen LogP contribution >= 0.6 is 0 Å². The van der Waals surface area contributed by atoms with Crippen molar-refractivity contribution in [2.45, 2.75) is 34.6 Å². The van der Waals surface area contributed by atoms with Crippen LogP contribution in [0.5, 0.6) is 0 Å². The van der Waals surface area contributed by atoms with E-state index in [9.17, 15) is 4.79 Å². The van der Waals surface area contributed by atoms with Crippen molar-refractivity contribution >= 4 is 5.78 Å². The van der Waals surface area contributed by atoms with Crippen molar-refractivity contribution in [2.24, 2.45) is 5.41 Å². The van der Waals surface area contributed by atoms with E-state index in [1.807, 2.05) is 40.7 Å². The quantitative estimate of drug-likeness (QED) is 0.511. The zero-order valence-corrected chi connectivity index (χ0v) is 7.49. The van der Waals surface area contributed by atoms with Gasteiger partial charge in [0.15, 0.2) is 5.78 Å². The molecule has 0 N–H and O–H groups in total. The fourth-order valence-corrected chi connectivity index (χ4v) is 0.723. The average Bonchev–Trinajstić information content (AvgIpc) is 1.83. The van der Waals surface area contributed by atoms with Gasteiger partial charge in [-0.3, -0.25) is 4.79 Å². The van der Waals surface area contributed by atoms with E-state index in [1.165, 1.54) is 0 Å². The lowest BCUT2D eigenvalue weighted by atomic mass is 9.87. The Kier molecular flexibility index (Phi) is 2.82. The number of ketones is 1. The van der Waals surface area contributed by atoms with Crippen molar-refractivity contribution in [3.63, 3.8) is 0 Å². The van der Waals surface area contributed by atoms with Gasteiger partial charge in [-0.05, 0) is 19.4 Å². The van der Waals surface area contributed by atoms with Crippen LogP contribution in [0.1, 0.15) is 34.6 Å². The van der Waals surface area contributed by atoms with Gasteiger partial charge in [0.05, 0.1) is 0 Å². The Hall–Kier alpha value is -0.590. The van der Waals surface area contributed by atoms with Gasteiger partial charge < -0.3 is 0 Å².